The fourth-order valence-corrected chi connectivity index (χ4v) is 5.21. The second kappa shape index (κ2) is 9.25. The third kappa shape index (κ3) is 4.39. The Balaban J connectivity index is 1.47. The first-order valence-corrected chi connectivity index (χ1v) is 11.3. The van der Waals surface area contributed by atoms with Crippen molar-refractivity contribution in [2.24, 2.45) is 0 Å². The Morgan fingerprint density at radius 3 is 2.45 bits per heavy atom. The third-order valence-corrected chi connectivity index (χ3v) is 7.08. The molecule has 1 atom stereocenters. The lowest BCUT2D eigenvalue weighted by atomic mass is 9.74. The molecule has 2 aromatic carbocycles. The van der Waals surface area contributed by atoms with Gasteiger partial charge in [-0.25, -0.2) is 0 Å². The van der Waals surface area contributed by atoms with Crippen LogP contribution in [0.5, 0.6) is 0 Å². The number of aromatic nitrogens is 1. The van der Waals surface area contributed by atoms with Crippen molar-refractivity contribution in [3.05, 3.63) is 71.9 Å². The van der Waals surface area contributed by atoms with Gasteiger partial charge < -0.3 is 15.6 Å². The molecule has 4 rings (SSSR count). The number of hydrogen-bond donors (Lipinski definition) is 3. The number of carbonyl (C=O) groups is 1. The number of benzene rings is 2. The van der Waals surface area contributed by atoms with Crippen LogP contribution in [0.4, 0.5) is 0 Å². The fraction of sp³-hybridized carbons (Fsp3) is 0.423. The summed E-state index contributed by atoms with van der Waals surface area (Å²) in [5.41, 5.74) is 3.75. The standard InChI is InChI=1S/C26H34N4O/c1-27-25(31)24(17-19-18-28-23-12-8-7-11-22(19)23)29-21-13-15-26(16-14-21,30(2)3)20-9-5-4-6-10-20/h4-12,18,21,24,28-29H,13-17H2,1-3H3,(H,27,31). The molecule has 0 aliphatic heterocycles. The van der Waals surface area contributed by atoms with Crippen molar-refractivity contribution >= 4 is 16.8 Å². The van der Waals surface area contributed by atoms with Crippen LogP contribution in [0, 0.1) is 0 Å². The molecule has 0 spiro atoms. The van der Waals surface area contributed by atoms with Gasteiger partial charge in [-0.3, -0.25) is 9.69 Å². The number of para-hydroxylation sites is 1. The molecule has 3 N–H and O–H groups in total. The maximum Gasteiger partial charge on any atom is 0.237 e. The molecule has 1 aliphatic carbocycles. The molecule has 1 heterocycles. The highest BCUT2D eigenvalue weighted by molar-refractivity contribution is 5.86. The number of carbonyl (C=O) groups excluding carboxylic acids is 1. The lowest BCUT2D eigenvalue weighted by Crippen LogP contribution is -2.53. The van der Waals surface area contributed by atoms with Gasteiger partial charge in [0.15, 0.2) is 0 Å². The molecule has 0 radical (unpaired) electrons. The lowest BCUT2D eigenvalue weighted by molar-refractivity contribution is -0.123. The van der Waals surface area contributed by atoms with Crippen LogP contribution < -0.4 is 10.6 Å². The number of likely N-dealkylation sites (N-methyl/N-ethyl adjacent to an activating group) is 1. The third-order valence-electron chi connectivity index (χ3n) is 7.08. The minimum atomic E-state index is -0.238. The van der Waals surface area contributed by atoms with E-state index in [0.717, 1.165) is 31.2 Å². The molecule has 0 saturated heterocycles. The first-order valence-electron chi connectivity index (χ1n) is 11.3. The van der Waals surface area contributed by atoms with Crippen LogP contribution in [-0.2, 0) is 16.8 Å². The molecular weight excluding hydrogens is 384 g/mol. The van der Waals surface area contributed by atoms with Gasteiger partial charge >= 0.3 is 0 Å². The molecule has 5 heteroatoms. The Labute approximate surface area is 185 Å². The van der Waals surface area contributed by atoms with Gasteiger partial charge in [0.1, 0.15) is 0 Å². The van der Waals surface area contributed by atoms with Gasteiger partial charge in [0, 0.05) is 35.7 Å². The van der Waals surface area contributed by atoms with Crippen molar-refractivity contribution in [3.63, 3.8) is 0 Å². The van der Waals surface area contributed by atoms with Gasteiger partial charge in [0.05, 0.1) is 6.04 Å². The molecule has 164 valence electrons. The highest BCUT2D eigenvalue weighted by Crippen LogP contribution is 2.41. The minimum Gasteiger partial charge on any atom is -0.361 e. The summed E-state index contributed by atoms with van der Waals surface area (Å²) < 4.78 is 0. The zero-order valence-electron chi connectivity index (χ0n) is 18.8. The Hall–Kier alpha value is -2.63. The average Bonchev–Trinajstić information content (AvgIpc) is 3.22. The van der Waals surface area contributed by atoms with Gasteiger partial charge in [-0.15, -0.1) is 0 Å². The molecule has 5 nitrogen and oxygen atoms in total. The zero-order valence-corrected chi connectivity index (χ0v) is 18.8. The lowest BCUT2D eigenvalue weighted by Gasteiger charge is -2.46. The minimum absolute atomic E-state index is 0.0535. The van der Waals surface area contributed by atoms with Gasteiger partial charge in [0.25, 0.3) is 0 Å². The van der Waals surface area contributed by atoms with Crippen LogP contribution in [0.2, 0.25) is 0 Å². The smallest absolute Gasteiger partial charge is 0.237 e. The summed E-state index contributed by atoms with van der Waals surface area (Å²) in [6.07, 6.45) is 6.97. The summed E-state index contributed by atoms with van der Waals surface area (Å²) in [4.78, 5) is 18.4. The van der Waals surface area contributed by atoms with E-state index in [1.165, 1.54) is 16.5 Å². The second-order valence-electron chi connectivity index (χ2n) is 8.96. The Morgan fingerprint density at radius 2 is 1.77 bits per heavy atom. The molecular formula is C26H34N4O. The second-order valence-corrected chi connectivity index (χ2v) is 8.96. The van der Waals surface area contributed by atoms with E-state index in [1.807, 2.05) is 18.3 Å². The first kappa shape index (κ1) is 21.6. The maximum atomic E-state index is 12.7. The largest absolute Gasteiger partial charge is 0.361 e. The predicted octanol–water partition coefficient (Wildman–Crippen LogP) is 3.81. The van der Waals surface area contributed by atoms with Crippen molar-refractivity contribution in [1.29, 1.82) is 0 Å². The van der Waals surface area contributed by atoms with Crippen molar-refractivity contribution in [2.75, 3.05) is 21.1 Å². The highest BCUT2D eigenvalue weighted by Gasteiger charge is 2.39. The Morgan fingerprint density at radius 1 is 1.10 bits per heavy atom. The summed E-state index contributed by atoms with van der Waals surface area (Å²) in [6.45, 7) is 0. The van der Waals surface area contributed by atoms with Gasteiger partial charge in [-0.05, 0) is 63.4 Å². The van der Waals surface area contributed by atoms with Gasteiger partial charge in [-0.1, -0.05) is 48.5 Å². The number of aromatic amines is 1. The highest BCUT2D eigenvalue weighted by atomic mass is 16.2. The molecule has 1 aliphatic rings. The summed E-state index contributed by atoms with van der Waals surface area (Å²) in [5, 5.41) is 7.74. The van der Waals surface area contributed by atoms with Crippen molar-refractivity contribution < 1.29 is 4.79 Å². The van der Waals surface area contributed by atoms with Gasteiger partial charge in [0.2, 0.25) is 5.91 Å². The zero-order chi connectivity index (χ0) is 21.8. The van der Waals surface area contributed by atoms with E-state index in [0.29, 0.717) is 12.5 Å². The number of nitrogens with zero attached hydrogens (tertiary/aromatic N) is 1. The van der Waals surface area contributed by atoms with E-state index in [9.17, 15) is 4.79 Å². The molecule has 1 fully saturated rings. The molecule has 1 saturated carbocycles. The van der Waals surface area contributed by atoms with Crippen LogP contribution in [0.15, 0.2) is 60.8 Å². The average molecular weight is 419 g/mol. The van der Waals surface area contributed by atoms with Gasteiger partial charge in [-0.2, -0.15) is 0 Å². The molecule has 1 amide bonds. The van der Waals surface area contributed by atoms with E-state index in [-0.39, 0.29) is 17.5 Å². The number of rotatable bonds is 7. The number of fused-ring (bicyclic) bond motifs is 1. The summed E-state index contributed by atoms with van der Waals surface area (Å²) in [6, 6.07) is 19.2. The molecule has 1 unspecified atom stereocenters. The fourth-order valence-electron chi connectivity index (χ4n) is 5.21. The summed E-state index contributed by atoms with van der Waals surface area (Å²) in [5.74, 6) is 0.0535. The normalized spacial score (nSPS) is 22.5. The summed E-state index contributed by atoms with van der Waals surface area (Å²) >= 11 is 0. The Kier molecular flexibility index (Phi) is 6.44. The van der Waals surface area contributed by atoms with Crippen molar-refractivity contribution in [2.45, 2.75) is 49.7 Å². The molecule has 31 heavy (non-hydrogen) atoms. The van der Waals surface area contributed by atoms with Crippen LogP contribution in [-0.4, -0.2) is 49.0 Å². The monoisotopic (exact) mass is 418 g/mol. The Bertz CT molecular complexity index is 1000. The molecule has 1 aromatic heterocycles. The van der Waals surface area contributed by atoms with Crippen LogP contribution in [0.3, 0.4) is 0 Å². The SMILES string of the molecule is CNC(=O)C(Cc1c[nH]c2ccccc12)NC1CCC(c2ccccc2)(N(C)C)CC1. The number of H-pyrrole nitrogens is 1. The molecule has 3 aromatic rings. The van der Waals surface area contributed by atoms with E-state index >= 15 is 0 Å². The van der Waals surface area contributed by atoms with Crippen LogP contribution in [0.25, 0.3) is 10.9 Å². The molecule has 0 bridgehead atoms. The number of amides is 1. The van der Waals surface area contributed by atoms with E-state index < -0.39 is 0 Å². The van der Waals surface area contributed by atoms with Crippen molar-refractivity contribution in [1.82, 2.24) is 20.5 Å². The van der Waals surface area contributed by atoms with Crippen molar-refractivity contribution in [3.8, 4) is 0 Å². The van der Waals surface area contributed by atoms with Crippen LogP contribution >= 0.6 is 0 Å². The van der Waals surface area contributed by atoms with Crippen LogP contribution in [0.1, 0.15) is 36.8 Å². The van der Waals surface area contributed by atoms with E-state index in [4.69, 9.17) is 0 Å². The predicted molar refractivity (Wildman–Crippen MR) is 127 cm³/mol. The summed E-state index contributed by atoms with van der Waals surface area (Å²) in [7, 11) is 6.09. The first-order chi connectivity index (χ1) is 15.0. The van der Waals surface area contributed by atoms with E-state index in [2.05, 4.69) is 77.1 Å². The number of hydrogen-bond acceptors (Lipinski definition) is 3. The van der Waals surface area contributed by atoms with E-state index in [1.54, 1.807) is 7.05 Å². The quantitative estimate of drug-likeness (QED) is 0.547. The number of nitrogens with one attached hydrogen (secondary N) is 3. The maximum absolute atomic E-state index is 12.7. The topological polar surface area (TPSA) is 60.2 Å².